The second-order valence-electron chi connectivity index (χ2n) is 3.37. The average Bonchev–Trinajstić information content (AvgIpc) is 2.34. The molecule has 1 aromatic rings. The normalized spacial score (nSPS) is 10.1. The van der Waals surface area contributed by atoms with Gasteiger partial charge in [0.25, 0.3) is 5.91 Å². The number of nitrogens with two attached hydrogens (primary N) is 2. The summed E-state index contributed by atoms with van der Waals surface area (Å²) in [6, 6.07) is 7.45. The molecule has 1 aromatic carbocycles. The molecule has 88 valence electrons. The van der Waals surface area contributed by atoms with E-state index in [0.29, 0.717) is 5.56 Å². The number of rotatable bonds is 6. The number of hydrogen-bond acceptors (Lipinski definition) is 4. The van der Waals surface area contributed by atoms with Crippen LogP contribution in [0.1, 0.15) is 22.3 Å². The van der Waals surface area contributed by atoms with E-state index in [4.69, 9.17) is 11.6 Å². The lowest BCUT2D eigenvalue weighted by Crippen LogP contribution is -2.29. The first kappa shape index (κ1) is 13.0. The molecule has 0 saturated heterocycles. The smallest absolute Gasteiger partial charge is 0.265 e. The molecular formula is C11H17N3OS. The molecule has 0 aliphatic carbocycles. The van der Waals surface area contributed by atoms with E-state index in [2.05, 4.69) is 5.43 Å². The van der Waals surface area contributed by atoms with Crippen molar-refractivity contribution in [3.05, 3.63) is 35.4 Å². The molecule has 0 aromatic heterocycles. The Morgan fingerprint density at radius 1 is 1.31 bits per heavy atom. The van der Waals surface area contributed by atoms with Crippen molar-refractivity contribution in [2.75, 3.05) is 12.3 Å². The minimum atomic E-state index is -0.262. The van der Waals surface area contributed by atoms with Gasteiger partial charge in [-0.3, -0.25) is 10.2 Å². The van der Waals surface area contributed by atoms with Crippen molar-refractivity contribution in [1.29, 1.82) is 0 Å². The van der Waals surface area contributed by atoms with Crippen molar-refractivity contribution in [1.82, 2.24) is 5.43 Å². The SMILES string of the molecule is NCCCSCc1ccc(C(=O)NN)cc1. The lowest BCUT2D eigenvalue weighted by atomic mass is 10.1. The van der Waals surface area contributed by atoms with E-state index in [0.717, 1.165) is 24.5 Å². The molecule has 16 heavy (non-hydrogen) atoms. The summed E-state index contributed by atoms with van der Waals surface area (Å²) in [4.78, 5) is 11.2. The van der Waals surface area contributed by atoms with E-state index >= 15 is 0 Å². The molecule has 4 nitrogen and oxygen atoms in total. The van der Waals surface area contributed by atoms with Crippen molar-refractivity contribution < 1.29 is 4.79 Å². The molecule has 0 saturated carbocycles. The Kier molecular flexibility index (Phi) is 5.92. The Labute approximate surface area is 99.7 Å². The van der Waals surface area contributed by atoms with Crippen LogP contribution in [0.15, 0.2) is 24.3 Å². The number of amides is 1. The fraction of sp³-hybridized carbons (Fsp3) is 0.364. The molecule has 1 amide bonds. The second kappa shape index (κ2) is 7.27. The first-order valence-corrected chi connectivity index (χ1v) is 6.31. The van der Waals surface area contributed by atoms with E-state index in [1.807, 2.05) is 23.9 Å². The molecule has 0 unspecified atom stereocenters. The van der Waals surface area contributed by atoms with Gasteiger partial charge in [0.1, 0.15) is 0 Å². The Balaban J connectivity index is 2.42. The highest BCUT2D eigenvalue weighted by Gasteiger charge is 2.02. The number of nitrogen functional groups attached to an aromatic ring is 1. The predicted molar refractivity (Wildman–Crippen MR) is 67.9 cm³/mol. The van der Waals surface area contributed by atoms with Crippen LogP contribution in [0.25, 0.3) is 0 Å². The molecule has 5 N–H and O–H groups in total. The highest BCUT2D eigenvalue weighted by molar-refractivity contribution is 7.98. The van der Waals surface area contributed by atoms with Gasteiger partial charge in [-0.2, -0.15) is 11.8 Å². The maximum absolute atomic E-state index is 11.2. The molecule has 0 bridgehead atoms. The largest absolute Gasteiger partial charge is 0.330 e. The van der Waals surface area contributed by atoms with E-state index in [-0.39, 0.29) is 5.91 Å². The summed E-state index contributed by atoms with van der Waals surface area (Å²) >= 11 is 1.85. The molecule has 5 heteroatoms. The van der Waals surface area contributed by atoms with Crippen LogP contribution in [0, 0.1) is 0 Å². The van der Waals surface area contributed by atoms with Crippen LogP contribution in [0.2, 0.25) is 0 Å². The lowest BCUT2D eigenvalue weighted by molar-refractivity contribution is 0.0953. The first-order chi connectivity index (χ1) is 7.77. The van der Waals surface area contributed by atoms with Gasteiger partial charge in [-0.15, -0.1) is 0 Å². The van der Waals surface area contributed by atoms with Gasteiger partial charge in [-0.25, -0.2) is 5.84 Å². The van der Waals surface area contributed by atoms with Gasteiger partial charge in [0.15, 0.2) is 0 Å². The summed E-state index contributed by atoms with van der Waals surface area (Å²) in [6.07, 6.45) is 1.04. The zero-order chi connectivity index (χ0) is 11.8. The van der Waals surface area contributed by atoms with Crippen LogP contribution in [-0.2, 0) is 5.75 Å². The molecule has 0 atom stereocenters. The fourth-order valence-electron chi connectivity index (χ4n) is 1.21. The molecule has 0 heterocycles. The van der Waals surface area contributed by atoms with Crippen LogP contribution >= 0.6 is 11.8 Å². The van der Waals surface area contributed by atoms with Crippen molar-refractivity contribution in [2.24, 2.45) is 11.6 Å². The number of hydrazine groups is 1. The predicted octanol–water partition coefficient (Wildman–Crippen LogP) is 0.872. The number of thioether (sulfide) groups is 1. The van der Waals surface area contributed by atoms with E-state index in [9.17, 15) is 4.79 Å². The summed E-state index contributed by atoms with van der Waals surface area (Å²) in [5.74, 6) is 6.80. The highest BCUT2D eigenvalue weighted by atomic mass is 32.2. The number of benzene rings is 1. The Morgan fingerprint density at radius 3 is 2.56 bits per heavy atom. The highest BCUT2D eigenvalue weighted by Crippen LogP contribution is 2.13. The first-order valence-electron chi connectivity index (χ1n) is 5.15. The third kappa shape index (κ3) is 4.22. The Morgan fingerprint density at radius 2 is 2.00 bits per heavy atom. The molecule has 1 rings (SSSR count). The van der Waals surface area contributed by atoms with Crippen LogP contribution < -0.4 is 17.0 Å². The van der Waals surface area contributed by atoms with Gasteiger partial charge in [-0.1, -0.05) is 12.1 Å². The van der Waals surface area contributed by atoms with Crippen LogP contribution in [-0.4, -0.2) is 18.2 Å². The molecular weight excluding hydrogens is 222 g/mol. The fourth-order valence-corrected chi connectivity index (χ4v) is 2.15. The van der Waals surface area contributed by atoms with Crippen molar-refractivity contribution >= 4 is 17.7 Å². The minimum Gasteiger partial charge on any atom is -0.330 e. The molecule has 0 radical (unpaired) electrons. The zero-order valence-electron chi connectivity index (χ0n) is 9.11. The maximum atomic E-state index is 11.2. The van der Waals surface area contributed by atoms with Gasteiger partial charge in [0.05, 0.1) is 0 Å². The summed E-state index contributed by atoms with van der Waals surface area (Å²) in [6.45, 7) is 0.739. The molecule has 0 fully saturated rings. The van der Waals surface area contributed by atoms with Crippen molar-refractivity contribution in [3.63, 3.8) is 0 Å². The topological polar surface area (TPSA) is 81.1 Å². The number of hydrogen-bond donors (Lipinski definition) is 3. The van der Waals surface area contributed by atoms with Crippen LogP contribution in [0.5, 0.6) is 0 Å². The average molecular weight is 239 g/mol. The van der Waals surface area contributed by atoms with E-state index in [1.165, 1.54) is 5.56 Å². The number of nitrogens with one attached hydrogen (secondary N) is 1. The minimum absolute atomic E-state index is 0.262. The van der Waals surface area contributed by atoms with E-state index < -0.39 is 0 Å². The Hall–Kier alpha value is -1.04. The molecule has 0 aliphatic rings. The monoisotopic (exact) mass is 239 g/mol. The summed E-state index contributed by atoms with van der Waals surface area (Å²) < 4.78 is 0. The lowest BCUT2D eigenvalue weighted by Gasteiger charge is -2.03. The molecule has 0 spiro atoms. The maximum Gasteiger partial charge on any atom is 0.265 e. The van der Waals surface area contributed by atoms with E-state index in [1.54, 1.807) is 12.1 Å². The Bertz CT molecular complexity index is 327. The third-order valence-corrected chi connectivity index (χ3v) is 3.22. The summed E-state index contributed by atoms with van der Waals surface area (Å²) in [5, 5.41) is 0. The van der Waals surface area contributed by atoms with Crippen molar-refractivity contribution in [2.45, 2.75) is 12.2 Å². The van der Waals surface area contributed by atoms with Gasteiger partial charge >= 0.3 is 0 Å². The standard InChI is InChI=1S/C11H17N3OS/c12-6-1-7-16-8-9-2-4-10(5-3-9)11(15)14-13/h2-5H,1,6-8,12-13H2,(H,14,15). The van der Waals surface area contributed by atoms with Crippen LogP contribution in [0.4, 0.5) is 0 Å². The quantitative estimate of drug-likeness (QED) is 0.298. The zero-order valence-corrected chi connectivity index (χ0v) is 9.93. The van der Waals surface area contributed by atoms with Gasteiger partial charge < -0.3 is 5.73 Å². The molecule has 0 aliphatic heterocycles. The van der Waals surface area contributed by atoms with Crippen molar-refractivity contribution in [3.8, 4) is 0 Å². The van der Waals surface area contributed by atoms with Crippen LogP contribution in [0.3, 0.4) is 0 Å². The van der Waals surface area contributed by atoms with Gasteiger partial charge in [-0.05, 0) is 36.4 Å². The van der Waals surface area contributed by atoms with Gasteiger partial charge in [0, 0.05) is 11.3 Å². The third-order valence-electron chi connectivity index (χ3n) is 2.11. The summed E-state index contributed by atoms with van der Waals surface area (Å²) in [5.41, 5.74) is 9.30. The number of carbonyl (C=O) groups excluding carboxylic acids is 1. The van der Waals surface area contributed by atoms with Gasteiger partial charge in [0.2, 0.25) is 0 Å². The second-order valence-corrected chi connectivity index (χ2v) is 4.47. The summed E-state index contributed by atoms with van der Waals surface area (Å²) in [7, 11) is 0. The number of carbonyl (C=O) groups is 1.